The third-order valence-electron chi connectivity index (χ3n) is 2.92. The molecule has 0 saturated carbocycles. The Balaban J connectivity index is 2.17. The highest BCUT2D eigenvalue weighted by Crippen LogP contribution is 2.19. The van der Waals surface area contributed by atoms with Gasteiger partial charge in [-0.25, -0.2) is 10.8 Å². The molecule has 0 radical (unpaired) electrons. The zero-order valence-corrected chi connectivity index (χ0v) is 11.3. The van der Waals surface area contributed by atoms with Crippen LogP contribution in [0, 0.1) is 0 Å². The number of pyridine rings is 1. The zero-order chi connectivity index (χ0) is 14.5. The van der Waals surface area contributed by atoms with Gasteiger partial charge in [-0.2, -0.15) is 0 Å². The van der Waals surface area contributed by atoms with E-state index >= 15 is 0 Å². The molecule has 104 valence electrons. The molecule has 0 atom stereocenters. The van der Waals surface area contributed by atoms with Crippen LogP contribution < -0.4 is 20.9 Å². The second-order valence-corrected chi connectivity index (χ2v) is 4.14. The number of nitrogens with two attached hydrogens (primary N) is 1. The predicted octanol–water partition coefficient (Wildman–Crippen LogP) is 1.65. The number of nitrogens with zero attached hydrogens (tertiary/aromatic N) is 2. The molecule has 0 aliphatic carbocycles. The molecule has 0 aliphatic heterocycles. The topological polar surface area (TPSA) is 80.5 Å². The summed E-state index contributed by atoms with van der Waals surface area (Å²) in [6, 6.07) is 10.6. The van der Waals surface area contributed by atoms with E-state index in [4.69, 9.17) is 10.6 Å². The number of carbonyl (C=O) groups excluding carboxylic acids is 1. The number of benzene rings is 1. The molecule has 0 aliphatic rings. The molecule has 0 fully saturated rings. The van der Waals surface area contributed by atoms with Gasteiger partial charge >= 0.3 is 0 Å². The van der Waals surface area contributed by atoms with Crippen LogP contribution in [0.3, 0.4) is 0 Å². The number of hydrogen-bond acceptors (Lipinski definition) is 5. The SMILES string of the molecule is COc1ccc(N(C)C(=O)c2ccc(NN)nc2)cc1. The lowest BCUT2D eigenvalue weighted by Crippen LogP contribution is -2.26. The molecule has 0 spiro atoms. The second-order valence-electron chi connectivity index (χ2n) is 4.14. The van der Waals surface area contributed by atoms with E-state index < -0.39 is 0 Å². The molecule has 3 N–H and O–H groups in total. The Bertz CT molecular complexity index is 581. The van der Waals surface area contributed by atoms with Crippen LogP contribution in [0.4, 0.5) is 11.5 Å². The smallest absolute Gasteiger partial charge is 0.259 e. The maximum Gasteiger partial charge on any atom is 0.259 e. The Hall–Kier alpha value is -2.60. The van der Waals surface area contributed by atoms with Crippen molar-refractivity contribution in [3.05, 3.63) is 48.2 Å². The average Bonchev–Trinajstić information content (AvgIpc) is 2.53. The molecule has 1 aromatic heterocycles. The van der Waals surface area contributed by atoms with Crippen molar-refractivity contribution in [3.8, 4) is 5.75 Å². The molecule has 6 heteroatoms. The maximum atomic E-state index is 12.3. The molecular formula is C14H16N4O2. The van der Waals surface area contributed by atoms with Gasteiger partial charge in [0.15, 0.2) is 0 Å². The van der Waals surface area contributed by atoms with Crippen LogP contribution in [0.1, 0.15) is 10.4 Å². The highest BCUT2D eigenvalue weighted by Gasteiger charge is 2.13. The normalized spacial score (nSPS) is 9.95. The minimum absolute atomic E-state index is 0.147. The molecule has 2 rings (SSSR count). The Morgan fingerprint density at radius 3 is 2.45 bits per heavy atom. The number of nitrogen functional groups attached to an aromatic ring is 1. The first-order valence-electron chi connectivity index (χ1n) is 6.00. The lowest BCUT2D eigenvalue weighted by Gasteiger charge is -2.17. The molecule has 0 saturated heterocycles. The fraction of sp³-hybridized carbons (Fsp3) is 0.143. The summed E-state index contributed by atoms with van der Waals surface area (Å²) in [6.45, 7) is 0. The third kappa shape index (κ3) is 2.86. The predicted molar refractivity (Wildman–Crippen MR) is 77.8 cm³/mol. The van der Waals surface area contributed by atoms with Crippen molar-refractivity contribution in [1.29, 1.82) is 0 Å². The van der Waals surface area contributed by atoms with Gasteiger partial charge in [0.05, 0.1) is 12.7 Å². The molecule has 1 aromatic carbocycles. The molecule has 2 aromatic rings. The van der Waals surface area contributed by atoms with Crippen molar-refractivity contribution < 1.29 is 9.53 Å². The number of ether oxygens (including phenoxy) is 1. The minimum Gasteiger partial charge on any atom is -0.497 e. The van der Waals surface area contributed by atoms with Gasteiger partial charge in [-0.15, -0.1) is 0 Å². The summed E-state index contributed by atoms with van der Waals surface area (Å²) in [5.41, 5.74) is 3.68. The summed E-state index contributed by atoms with van der Waals surface area (Å²) < 4.78 is 5.09. The highest BCUT2D eigenvalue weighted by molar-refractivity contribution is 6.05. The largest absolute Gasteiger partial charge is 0.497 e. The number of amides is 1. The number of carbonyl (C=O) groups is 1. The number of anilines is 2. The minimum atomic E-state index is -0.147. The van der Waals surface area contributed by atoms with Gasteiger partial charge < -0.3 is 15.1 Å². The van der Waals surface area contributed by atoms with Crippen LogP contribution in [-0.2, 0) is 0 Å². The molecule has 20 heavy (non-hydrogen) atoms. The summed E-state index contributed by atoms with van der Waals surface area (Å²) in [4.78, 5) is 17.9. The van der Waals surface area contributed by atoms with E-state index in [0.717, 1.165) is 11.4 Å². The van der Waals surface area contributed by atoms with Crippen LogP contribution in [-0.4, -0.2) is 25.0 Å². The average molecular weight is 272 g/mol. The van der Waals surface area contributed by atoms with Crippen molar-refractivity contribution in [3.63, 3.8) is 0 Å². The van der Waals surface area contributed by atoms with Crippen LogP contribution in [0.5, 0.6) is 5.75 Å². The Morgan fingerprint density at radius 1 is 1.25 bits per heavy atom. The number of nitrogens with one attached hydrogen (secondary N) is 1. The number of hydrazine groups is 1. The van der Waals surface area contributed by atoms with Crippen molar-refractivity contribution >= 4 is 17.4 Å². The Kier molecular flexibility index (Phi) is 4.17. The van der Waals surface area contributed by atoms with Crippen molar-refractivity contribution in [2.75, 3.05) is 24.5 Å². The molecular weight excluding hydrogens is 256 g/mol. The highest BCUT2D eigenvalue weighted by atomic mass is 16.5. The lowest BCUT2D eigenvalue weighted by molar-refractivity contribution is 0.0992. The van der Waals surface area contributed by atoms with E-state index in [9.17, 15) is 4.79 Å². The van der Waals surface area contributed by atoms with E-state index in [1.54, 1.807) is 43.3 Å². The van der Waals surface area contributed by atoms with Crippen LogP contribution in [0.25, 0.3) is 0 Å². The van der Waals surface area contributed by atoms with E-state index in [1.165, 1.54) is 6.20 Å². The van der Waals surface area contributed by atoms with Crippen molar-refractivity contribution in [2.45, 2.75) is 0 Å². The summed E-state index contributed by atoms with van der Waals surface area (Å²) in [7, 11) is 3.31. The third-order valence-corrected chi connectivity index (χ3v) is 2.92. The standard InChI is InChI=1S/C14H16N4O2/c1-18(11-4-6-12(20-2)7-5-11)14(19)10-3-8-13(17-15)16-9-10/h3-9H,15H2,1-2H3,(H,16,17). The van der Waals surface area contributed by atoms with Crippen LogP contribution in [0.2, 0.25) is 0 Å². The van der Waals surface area contributed by atoms with E-state index in [1.807, 2.05) is 12.1 Å². The molecule has 6 nitrogen and oxygen atoms in total. The number of rotatable bonds is 4. The van der Waals surface area contributed by atoms with Gasteiger partial charge in [-0.05, 0) is 36.4 Å². The molecule has 1 heterocycles. The quantitative estimate of drug-likeness (QED) is 0.653. The maximum absolute atomic E-state index is 12.3. The lowest BCUT2D eigenvalue weighted by atomic mass is 10.2. The van der Waals surface area contributed by atoms with Crippen LogP contribution >= 0.6 is 0 Å². The zero-order valence-electron chi connectivity index (χ0n) is 11.3. The summed E-state index contributed by atoms with van der Waals surface area (Å²) in [5.74, 6) is 6.34. The van der Waals surface area contributed by atoms with Gasteiger partial charge in [-0.1, -0.05) is 0 Å². The van der Waals surface area contributed by atoms with Gasteiger partial charge in [0.2, 0.25) is 0 Å². The number of hydrogen-bond donors (Lipinski definition) is 2. The van der Waals surface area contributed by atoms with Crippen molar-refractivity contribution in [1.82, 2.24) is 4.98 Å². The summed E-state index contributed by atoms with van der Waals surface area (Å²) >= 11 is 0. The fourth-order valence-electron chi connectivity index (χ4n) is 1.72. The first-order valence-corrected chi connectivity index (χ1v) is 6.00. The van der Waals surface area contributed by atoms with Gasteiger partial charge in [-0.3, -0.25) is 4.79 Å². The Morgan fingerprint density at radius 2 is 1.95 bits per heavy atom. The van der Waals surface area contributed by atoms with E-state index in [2.05, 4.69) is 10.4 Å². The molecule has 0 bridgehead atoms. The monoisotopic (exact) mass is 272 g/mol. The van der Waals surface area contributed by atoms with E-state index in [0.29, 0.717) is 11.4 Å². The first-order chi connectivity index (χ1) is 9.65. The molecule has 0 unspecified atom stereocenters. The first kappa shape index (κ1) is 13.8. The molecule has 1 amide bonds. The fourth-order valence-corrected chi connectivity index (χ4v) is 1.72. The number of aromatic nitrogens is 1. The van der Waals surface area contributed by atoms with Crippen molar-refractivity contribution in [2.24, 2.45) is 5.84 Å². The summed E-state index contributed by atoms with van der Waals surface area (Å²) in [6.07, 6.45) is 1.48. The second kappa shape index (κ2) is 6.03. The number of methoxy groups -OCH3 is 1. The van der Waals surface area contributed by atoms with Gasteiger partial charge in [0.25, 0.3) is 5.91 Å². The van der Waals surface area contributed by atoms with E-state index in [-0.39, 0.29) is 5.91 Å². The summed E-state index contributed by atoms with van der Waals surface area (Å²) in [5, 5.41) is 0. The van der Waals surface area contributed by atoms with Crippen LogP contribution in [0.15, 0.2) is 42.6 Å². The Labute approximate surface area is 117 Å². The van der Waals surface area contributed by atoms with Gasteiger partial charge in [0, 0.05) is 18.9 Å². The van der Waals surface area contributed by atoms with Gasteiger partial charge in [0.1, 0.15) is 11.6 Å².